The highest BCUT2D eigenvalue weighted by Crippen LogP contribution is 2.14. The largest absolute Gasteiger partial charge is 0.392 e. The molecule has 1 fully saturated rings. The summed E-state index contributed by atoms with van der Waals surface area (Å²) in [5, 5.41) is 14.6. The van der Waals surface area contributed by atoms with Crippen molar-refractivity contribution in [3.8, 4) is 0 Å². The minimum Gasteiger partial charge on any atom is -0.392 e. The van der Waals surface area contributed by atoms with Crippen molar-refractivity contribution in [2.45, 2.75) is 25.6 Å². The quantitative estimate of drug-likeness (QED) is 0.527. The molecule has 0 radical (unpaired) electrons. The van der Waals surface area contributed by atoms with Crippen molar-refractivity contribution in [2.75, 3.05) is 26.2 Å². The Morgan fingerprint density at radius 1 is 1.71 bits per heavy atom. The van der Waals surface area contributed by atoms with Gasteiger partial charge in [-0.25, -0.2) is 0 Å². The number of amides is 1. The van der Waals surface area contributed by atoms with E-state index in [1.54, 1.807) is 6.92 Å². The maximum absolute atomic E-state index is 11.2. The van der Waals surface area contributed by atoms with Crippen LogP contribution in [0.5, 0.6) is 0 Å². The summed E-state index contributed by atoms with van der Waals surface area (Å²) in [5.74, 6) is -0.181. The highest BCUT2D eigenvalue weighted by molar-refractivity contribution is 5.77. The Kier molecular flexibility index (Phi) is 3.86. The summed E-state index contributed by atoms with van der Waals surface area (Å²) < 4.78 is 5.40. The summed E-state index contributed by atoms with van der Waals surface area (Å²) in [7, 11) is 0. The Labute approximate surface area is 83.8 Å². The van der Waals surface area contributed by atoms with Crippen LogP contribution in [0.1, 0.15) is 13.8 Å². The number of aliphatic hydroxyl groups is 1. The molecule has 0 aliphatic carbocycles. The van der Waals surface area contributed by atoms with Gasteiger partial charge in [-0.3, -0.25) is 4.79 Å². The molecule has 0 spiro atoms. The fourth-order valence-corrected chi connectivity index (χ4v) is 1.13. The lowest BCUT2D eigenvalue weighted by Crippen LogP contribution is -2.59. The first-order valence-corrected chi connectivity index (χ1v) is 4.81. The standard InChI is InChI=1S/C9H18N2O3/c1-7(12)3-11-8(13)4-14-9(2)5-10-6-9/h7,10,12H,3-6H2,1-2H3,(H,11,13)/t7-/m0/s1. The van der Waals surface area contributed by atoms with E-state index in [2.05, 4.69) is 10.6 Å². The van der Waals surface area contributed by atoms with E-state index in [1.807, 2.05) is 6.92 Å². The molecule has 0 unspecified atom stereocenters. The molecule has 14 heavy (non-hydrogen) atoms. The first-order chi connectivity index (χ1) is 6.52. The van der Waals surface area contributed by atoms with Gasteiger partial charge in [0.05, 0.1) is 11.7 Å². The fourth-order valence-electron chi connectivity index (χ4n) is 1.13. The molecule has 1 rings (SSSR count). The van der Waals surface area contributed by atoms with Crippen molar-refractivity contribution < 1.29 is 14.6 Å². The molecular formula is C9H18N2O3. The third-order valence-corrected chi connectivity index (χ3v) is 2.14. The summed E-state index contributed by atoms with van der Waals surface area (Å²) in [6.45, 7) is 5.50. The van der Waals surface area contributed by atoms with Gasteiger partial charge < -0.3 is 20.5 Å². The van der Waals surface area contributed by atoms with Crippen LogP contribution in [0.3, 0.4) is 0 Å². The molecule has 0 aromatic carbocycles. The smallest absolute Gasteiger partial charge is 0.246 e. The highest BCUT2D eigenvalue weighted by atomic mass is 16.5. The van der Waals surface area contributed by atoms with Gasteiger partial charge in [0.1, 0.15) is 6.61 Å². The zero-order valence-electron chi connectivity index (χ0n) is 8.67. The molecule has 0 saturated carbocycles. The molecule has 1 aliphatic rings. The van der Waals surface area contributed by atoms with Crippen LogP contribution in [-0.4, -0.2) is 49.0 Å². The van der Waals surface area contributed by atoms with Gasteiger partial charge in [0.15, 0.2) is 0 Å². The van der Waals surface area contributed by atoms with Gasteiger partial charge in [-0.1, -0.05) is 0 Å². The predicted molar refractivity (Wildman–Crippen MR) is 51.9 cm³/mol. The van der Waals surface area contributed by atoms with Gasteiger partial charge >= 0.3 is 0 Å². The number of aliphatic hydroxyl groups excluding tert-OH is 1. The van der Waals surface area contributed by atoms with E-state index in [0.29, 0.717) is 0 Å². The zero-order chi connectivity index (χ0) is 10.6. The van der Waals surface area contributed by atoms with Gasteiger partial charge in [0.2, 0.25) is 5.91 Å². The molecule has 3 N–H and O–H groups in total. The highest BCUT2D eigenvalue weighted by Gasteiger charge is 2.32. The van der Waals surface area contributed by atoms with Crippen molar-refractivity contribution in [1.82, 2.24) is 10.6 Å². The number of rotatable bonds is 5. The number of ether oxygens (including phenoxy) is 1. The van der Waals surface area contributed by atoms with Crippen molar-refractivity contribution in [1.29, 1.82) is 0 Å². The van der Waals surface area contributed by atoms with Crippen LogP contribution in [-0.2, 0) is 9.53 Å². The van der Waals surface area contributed by atoms with Gasteiger partial charge in [-0.15, -0.1) is 0 Å². The van der Waals surface area contributed by atoms with Crippen LogP contribution in [0, 0.1) is 0 Å². The van der Waals surface area contributed by atoms with Gasteiger partial charge in [0, 0.05) is 19.6 Å². The first kappa shape index (κ1) is 11.4. The van der Waals surface area contributed by atoms with Crippen molar-refractivity contribution in [3.63, 3.8) is 0 Å². The first-order valence-electron chi connectivity index (χ1n) is 4.81. The molecule has 82 valence electrons. The third kappa shape index (κ3) is 3.61. The molecule has 0 aromatic heterocycles. The molecule has 0 aromatic rings. The van der Waals surface area contributed by atoms with Gasteiger partial charge in [0.25, 0.3) is 0 Å². The van der Waals surface area contributed by atoms with E-state index >= 15 is 0 Å². The maximum atomic E-state index is 11.2. The molecule has 1 saturated heterocycles. The molecule has 1 aliphatic heterocycles. The summed E-state index contributed by atoms with van der Waals surface area (Å²) >= 11 is 0. The van der Waals surface area contributed by atoms with Crippen LogP contribution >= 0.6 is 0 Å². The molecule has 5 heteroatoms. The van der Waals surface area contributed by atoms with Crippen LogP contribution < -0.4 is 10.6 Å². The Morgan fingerprint density at radius 2 is 2.36 bits per heavy atom. The SMILES string of the molecule is C[C@H](O)CNC(=O)COC1(C)CNC1. The Hall–Kier alpha value is -0.650. The second kappa shape index (κ2) is 4.72. The number of hydrogen-bond donors (Lipinski definition) is 3. The summed E-state index contributed by atoms with van der Waals surface area (Å²) in [6, 6.07) is 0. The fraction of sp³-hybridized carbons (Fsp3) is 0.889. The summed E-state index contributed by atoms with van der Waals surface area (Å²) in [4.78, 5) is 11.2. The van der Waals surface area contributed by atoms with E-state index in [9.17, 15) is 4.79 Å². The van der Waals surface area contributed by atoms with Crippen LogP contribution in [0.2, 0.25) is 0 Å². The van der Waals surface area contributed by atoms with Crippen LogP contribution in [0.4, 0.5) is 0 Å². The Balaban J connectivity index is 2.08. The summed E-state index contributed by atoms with van der Waals surface area (Å²) in [5.41, 5.74) is -0.192. The minimum atomic E-state index is -0.514. The van der Waals surface area contributed by atoms with Crippen LogP contribution in [0.15, 0.2) is 0 Å². The second-order valence-electron chi connectivity index (χ2n) is 4.00. The normalized spacial score (nSPS) is 21.1. The monoisotopic (exact) mass is 202 g/mol. The van der Waals surface area contributed by atoms with Crippen molar-refractivity contribution in [3.05, 3.63) is 0 Å². The van der Waals surface area contributed by atoms with E-state index in [0.717, 1.165) is 13.1 Å². The van der Waals surface area contributed by atoms with E-state index in [-0.39, 0.29) is 24.7 Å². The van der Waals surface area contributed by atoms with E-state index in [1.165, 1.54) is 0 Å². The zero-order valence-corrected chi connectivity index (χ0v) is 8.67. The lowest BCUT2D eigenvalue weighted by molar-refractivity contribution is -0.136. The van der Waals surface area contributed by atoms with Gasteiger partial charge in [-0.2, -0.15) is 0 Å². The lowest BCUT2D eigenvalue weighted by atomic mass is 10.0. The minimum absolute atomic E-state index is 0.0604. The average Bonchev–Trinajstić information content (AvgIpc) is 2.08. The van der Waals surface area contributed by atoms with E-state index < -0.39 is 6.10 Å². The average molecular weight is 202 g/mol. The van der Waals surface area contributed by atoms with Crippen molar-refractivity contribution >= 4 is 5.91 Å². The Bertz CT molecular complexity index is 202. The van der Waals surface area contributed by atoms with Crippen molar-refractivity contribution in [2.24, 2.45) is 0 Å². The molecule has 1 heterocycles. The van der Waals surface area contributed by atoms with Crippen LogP contribution in [0.25, 0.3) is 0 Å². The Morgan fingerprint density at radius 3 is 2.79 bits per heavy atom. The second-order valence-corrected chi connectivity index (χ2v) is 4.00. The van der Waals surface area contributed by atoms with Gasteiger partial charge in [-0.05, 0) is 13.8 Å². The topological polar surface area (TPSA) is 70.6 Å². The van der Waals surface area contributed by atoms with E-state index in [4.69, 9.17) is 9.84 Å². The summed E-state index contributed by atoms with van der Waals surface area (Å²) in [6.07, 6.45) is -0.514. The third-order valence-electron chi connectivity index (χ3n) is 2.14. The molecule has 5 nitrogen and oxygen atoms in total. The number of hydrogen-bond acceptors (Lipinski definition) is 4. The molecule has 0 bridgehead atoms. The molecule has 1 amide bonds. The lowest BCUT2D eigenvalue weighted by Gasteiger charge is -2.38. The molecule has 1 atom stereocenters. The number of carbonyl (C=O) groups is 1. The predicted octanol–water partition coefficient (Wildman–Crippen LogP) is -1.14. The number of nitrogens with one attached hydrogen (secondary N) is 2. The maximum Gasteiger partial charge on any atom is 0.246 e. The molecular weight excluding hydrogens is 184 g/mol. The number of carbonyl (C=O) groups excluding carboxylic acids is 1.